The van der Waals surface area contributed by atoms with Crippen LogP contribution < -0.4 is 9.64 Å². The van der Waals surface area contributed by atoms with Crippen LogP contribution in [0, 0.1) is 6.92 Å². The molecule has 0 saturated heterocycles. The Morgan fingerprint density at radius 1 is 1.20 bits per heavy atom. The monoisotopic (exact) mass is 490 g/mol. The summed E-state index contributed by atoms with van der Waals surface area (Å²) in [5.41, 5.74) is 3.16. The lowest BCUT2D eigenvalue weighted by molar-refractivity contribution is -0.134. The fraction of sp³-hybridized carbons (Fsp3) is 0.407. The number of carbonyl (C=O) groups is 2. The molecule has 1 saturated carbocycles. The molecule has 1 fully saturated rings. The highest BCUT2D eigenvalue weighted by molar-refractivity contribution is 7.15. The van der Waals surface area contributed by atoms with E-state index in [1.54, 1.807) is 29.4 Å². The number of fused-ring (bicyclic) bond motifs is 1. The Morgan fingerprint density at radius 3 is 2.74 bits per heavy atom. The minimum Gasteiger partial charge on any atom is -0.479 e. The van der Waals surface area contributed by atoms with Gasteiger partial charge in [-0.25, -0.2) is 4.98 Å². The Hall–Kier alpha value is -3.26. The van der Waals surface area contributed by atoms with E-state index >= 15 is 0 Å². The number of ether oxygens (including phenoxy) is 1. The molecule has 3 heterocycles. The topological polar surface area (TPSA) is 75.6 Å². The number of aryl methyl sites for hydroxylation is 1. The van der Waals surface area contributed by atoms with Crippen LogP contribution in [0.2, 0.25) is 0 Å². The van der Waals surface area contributed by atoms with Gasteiger partial charge in [0, 0.05) is 29.7 Å². The van der Waals surface area contributed by atoms with Crippen molar-refractivity contribution in [2.24, 2.45) is 0 Å². The van der Waals surface area contributed by atoms with Crippen LogP contribution in [0.5, 0.6) is 5.75 Å². The van der Waals surface area contributed by atoms with E-state index in [0.717, 1.165) is 52.5 Å². The fourth-order valence-electron chi connectivity index (χ4n) is 4.90. The van der Waals surface area contributed by atoms with E-state index < -0.39 is 6.10 Å². The third-order valence-corrected chi connectivity index (χ3v) is 7.92. The minimum absolute atomic E-state index is 0.00518. The maximum absolute atomic E-state index is 13.2. The Bertz CT molecular complexity index is 1240. The first-order chi connectivity index (χ1) is 16.9. The highest BCUT2D eigenvalue weighted by atomic mass is 32.1. The number of pyridine rings is 1. The molecule has 1 aliphatic heterocycles. The third-order valence-electron chi connectivity index (χ3n) is 6.93. The number of amides is 2. The third kappa shape index (κ3) is 4.67. The van der Waals surface area contributed by atoms with Gasteiger partial charge in [-0.05, 0) is 57.0 Å². The molecule has 0 radical (unpaired) electrons. The molecular weight excluding hydrogens is 460 g/mol. The molecule has 8 heteroatoms. The van der Waals surface area contributed by atoms with Gasteiger partial charge in [0.1, 0.15) is 17.3 Å². The normalized spacial score (nSPS) is 18.2. The van der Waals surface area contributed by atoms with Gasteiger partial charge in [0.2, 0.25) is 5.91 Å². The zero-order chi connectivity index (χ0) is 24.5. The second-order valence-corrected chi connectivity index (χ2v) is 10.5. The predicted molar refractivity (Wildman–Crippen MR) is 138 cm³/mol. The quantitative estimate of drug-likeness (QED) is 0.498. The molecule has 1 aromatic carbocycles. The molecule has 2 aliphatic rings. The summed E-state index contributed by atoms with van der Waals surface area (Å²) in [6.07, 6.45) is 6.69. The van der Waals surface area contributed by atoms with Crippen LogP contribution in [0.3, 0.4) is 0 Å². The second-order valence-electron chi connectivity index (χ2n) is 9.30. The van der Waals surface area contributed by atoms with Crippen LogP contribution in [0.1, 0.15) is 43.9 Å². The van der Waals surface area contributed by atoms with Crippen LogP contribution in [0.15, 0.2) is 42.6 Å². The number of hydrogen-bond acceptors (Lipinski definition) is 6. The Morgan fingerprint density at radius 2 is 2.00 bits per heavy atom. The summed E-state index contributed by atoms with van der Waals surface area (Å²) < 4.78 is 5.88. The van der Waals surface area contributed by atoms with E-state index in [4.69, 9.17) is 9.72 Å². The highest BCUT2D eigenvalue weighted by Gasteiger charge is 2.35. The lowest BCUT2D eigenvalue weighted by atomic mass is 9.94. The Kier molecular flexibility index (Phi) is 6.56. The molecule has 35 heavy (non-hydrogen) atoms. The number of aromatic nitrogens is 2. The van der Waals surface area contributed by atoms with E-state index in [2.05, 4.69) is 4.98 Å². The number of carbonyl (C=O) groups excluding carboxylic acids is 2. The number of anilines is 1. The van der Waals surface area contributed by atoms with Gasteiger partial charge in [-0.2, -0.15) is 0 Å². The molecule has 182 valence electrons. The summed E-state index contributed by atoms with van der Waals surface area (Å²) >= 11 is 1.59. The first-order valence-electron chi connectivity index (χ1n) is 12.2. The lowest BCUT2D eigenvalue weighted by Gasteiger charge is -2.36. The van der Waals surface area contributed by atoms with Crippen molar-refractivity contribution in [2.45, 2.75) is 58.1 Å². The second kappa shape index (κ2) is 9.77. The van der Waals surface area contributed by atoms with Crippen molar-refractivity contribution < 1.29 is 14.3 Å². The van der Waals surface area contributed by atoms with E-state index in [1.807, 2.05) is 55.3 Å². The summed E-state index contributed by atoms with van der Waals surface area (Å²) in [4.78, 5) is 40.1. The van der Waals surface area contributed by atoms with Gasteiger partial charge in [0.25, 0.3) is 5.91 Å². The van der Waals surface area contributed by atoms with Gasteiger partial charge in [0.05, 0.1) is 17.1 Å². The summed E-state index contributed by atoms with van der Waals surface area (Å²) in [6, 6.07) is 11.8. The molecule has 5 rings (SSSR count). The molecule has 2 amide bonds. The van der Waals surface area contributed by atoms with E-state index in [1.165, 1.54) is 6.42 Å². The van der Waals surface area contributed by atoms with Crippen LogP contribution >= 0.6 is 11.3 Å². The molecule has 0 spiro atoms. The zero-order valence-corrected chi connectivity index (χ0v) is 21.2. The molecule has 0 bridgehead atoms. The zero-order valence-electron chi connectivity index (χ0n) is 20.4. The van der Waals surface area contributed by atoms with Crippen molar-refractivity contribution >= 4 is 28.8 Å². The Labute approximate surface area is 209 Å². The molecule has 7 nitrogen and oxygen atoms in total. The van der Waals surface area contributed by atoms with Crippen LogP contribution in [0.4, 0.5) is 5.69 Å². The number of hydrogen-bond donors (Lipinski definition) is 0. The summed E-state index contributed by atoms with van der Waals surface area (Å²) in [6.45, 7) is 3.76. The Balaban J connectivity index is 1.45. The smallest absolute Gasteiger partial charge is 0.268 e. The van der Waals surface area contributed by atoms with Gasteiger partial charge in [-0.15, -0.1) is 11.3 Å². The summed E-state index contributed by atoms with van der Waals surface area (Å²) in [5, 5.41) is 0.845. The molecule has 1 atom stereocenters. The standard InChI is InChI=1S/C27H30N4O3S/c1-17-27(33)31(16-24(32)30(3)20-9-5-4-6-10-20)22-15-19(12-13-23(22)34-17)25-18(2)35-26(29-25)21-11-7-8-14-28-21/h7-8,11-15,17,20H,4-6,9-10,16H2,1-3H3. The van der Waals surface area contributed by atoms with Gasteiger partial charge in [0.15, 0.2) is 6.10 Å². The van der Waals surface area contributed by atoms with Gasteiger partial charge in [-0.1, -0.05) is 25.3 Å². The number of benzene rings is 1. The van der Waals surface area contributed by atoms with Crippen LogP contribution in [-0.4, -0.2) is 52.4 Å². The molecule has 3 aromatic rings. The van der Waals surface area contributed by atoms with Gasteiger partial charge in [-0.3, -0.25) is 19.5 Å². The van der Waals surface area contributed by atoms with Crippen molar-refractivity contribution in [3.63, 3.8) is 0 Å². The average molecular weight is 491 g/mol. The number of likely N-dealkylation sites (N-methyl/N-ethyl adjacent to an activating group) is 1. The first-order valence-corrected chi connectivity index (χ1v) is 13.0. The predicted octanol–water partition coefficient (Wildman–Crippen LogP) is 5.09. The van der Waals surface area contributed by atoms with Crippen molar-refractivity contribution in [1.29, 1.82) is 0 Å². The first kappa shape index (κ1) is 23.5. The van der Waals surface area contributed by atoms with E-state index in [0.29, 0.717) is 11.4 Å². The number of thiazole rings is 1. The lowest BCUT2D eigenvalue weighted by Crippen LogP contribution is -2.50. The van der Waals surface area contributed by atoms with Gasteiger partial charge < -0.3 is 9.64 Å². The SMILES string of the molecule is Cc1sc(-c2ccccn2)nc1-c1ccc2c(c1)N(CC(=O)N(C)C1CCCCC1)C(=O)C(C)O2. The minimum atomic E-state index is -0.641. The fourth-order valence-corrected chi connectivity index (χ4v) is 5.81. The van der Waals surface area contributed by atoms with Crippen molar-refractivity contribution in [1.82, 2.24) is 14.9 Å². The number of rotatable bonds is 5. The number of nitrogens with zero attached hydrogens (tertiary/aromatic N) is 4. The maximum atomic E-state index is 13.2. The molecular formula is C27H30N4O3S. The van der Waals surface area contributed by atoms with Crippen molar-refractivity contribution in [3.05, 3.63) is 47.5 Å². The molecule has 2 aromatic heterocycles. The molecule has 0 N–H and O–H groups in total. The molecule has 1 unspecified atom stereocenters. The largest absolute Gasteiger partial charge is 0.479 e. The van der Waals surface area contributed by atoms with Crippen molar-refractivity contribution in [3.8, 4) is 27.7 Å². The summed E-state index contributed by atoms with van der Waals surface area (Å²) in [5.74, 6) is 0.356. The maximum Gasteiger partial charge on any atom is 0.268 e. The van der Waals surface area contributed by atoms with Crippen LogP contribution in [0.25, 0.3) is 22.0 Å². The van der Waals surface area contributed by atoms with Gasteiger partial charge >= 0.3 is 0 Å². The van der Waals surface area contributed by atoms with E-state index in [-0.39, 0.29) is 24.4 Å². The molecule has 1 aliphatic carbocycles. The average Bonchev–Trinajstić information content (AvgIpc) is 3.28. The van der Waals surface area contributed by atoms with E-state index in [9.17, 15) is 9.59 Å². The van der Waals surface area contributed by atoms with Crippen LogP contribution in [-0.2, 0) is 9.59 Å². The highest BCUT2D eigenvalue weighted by Crippen LogP contribution is 2.40. The summed E-state index contributed by atoms with van der Waals surface area (Å²) in [7, 11) is 1.86. The van der Waals surface area contributed by atoms with Crippen molar-refractivity contribution in [2.75, 3.05) is 18.5 Å².